The molecule has 4 heteroatoms. The maximum absolute atomic E-state index is 12.0. The van der Waals surface area contributed by atoms with Crippen LogP contribution in [0.25, 0.3) is 0 Å². The summed E-state index contributed by atoms with van der Waals surface area (Å²) in [6.45, 7) is 8.94. The zero-order valence-corrected chi connectivity index (χ0v) is 16.9. The van der Waals surface area contributed by atoms with E-state index in [0.717, 1.165) is 51.4 Å². The van der Waals surface area contributed by atoms with Gasteiger partial charge in [0.05, 0.1) is 0 Å². The predicted molar refractivity (Wildman–Crippen MR) is 103 cm³/mol. The Labute approximate surface area is 154 Å². The summed E-state index contributed by atoms with van der Waals surface area (Å²) in [7, 11) is 0. The topological polar surface area (TPSA) is 74.6 Å². The molecule has 0 fully saturated rings. The number of aliphatic hydroxyl groups excluding tert-OH is 1. The van der Waals surface area contributed by atoms with Crippen LogP contribution in [0.1, 0.15) is 105 Å². The minimum Gasteiger partial charge on any atom is -0.481 e. The quantitative estimate of drug-likeness (QED) is 0.365. The Hall–Kier alpha value is -0.900. The maximum Gasteiger partial charge on any atom is 0.303 e. The monoisotopic (exact) mass is 356 g/mol. The summed E-state index contributed by atoms with van der Waals surface area (Å²) in [6, 6.07) is 0. The van der Waals surface area contributed by atoms with Crippen molar-refractivity contribution in [2.24, 2.45) is 10.8 Å². The van der Waals surface area contributed by atoms with Crippen molar-refractivity contribution in [2.75, 3.05) is 6.61 Å². The largest absolute Gasteiger partial charge is 0.481 e. The summed E-state index contributed by atoms with van der Waals surface area (Å²) in [5.74, 6) is -0.376. The lowest BCUT2D eigenvalue weighted by Gasteiger charge is -2.24. The van der Waals surface area contributed by atoms with E-state index in [1.807, 2.05) is 0 Å². The number of carbonyl (C=O) groups excluding carboxylic acids is 1. The van der Waals surface area contributed by atoms with Crippen molar-refractivity contribution in [3.8, 4) is 0 Å². The van der Waals surface area contributed by atoms with Crippen molar-refractivity contribution in [3.63, 3.8) is 0 Å². The molecule has 0 aliphatic rings. The van der Waals surface area contributed by atoms with Crippen molar-refractivity contribution in [2.45, 2.75) is 105 Å². The summed E-state index contributed by atoms with van der Waals surface area (Å²) in [5, 5.41) is 17.7. The molecule has 0 radical (unpaired) electrons. The van der Waals surface area contributed by atoms with Gasteiger partial charge in [-0.3, -0.25) is 9.59 Å². The lowest BCUT2D eigenvalue weighted by molar-refractivity contribution is -0.137. The van der Waals surface area contributed by atoms with E-state index in [2.05, 4.69) is 27.7 Å². The molecule has 2 N–H and O–H groups in total. The van der Waals surface area contributed by atoms with Crippen LogP contribution in [0.5, 0.6) is 0 Å². The molecular weight excluding hydrogens is 316 g/mol. The Morgan fingerprint density at radius 3 is 1.56 bits per heavy atom. The Morgan fingerprint density at radius 1 is 0.680 bits per heavy atom. The van der Waals surface area contributed by atoms with E-state index in [1.165, 1.54) is 0 Å². The van der Waals surface area contributed by atoms with E-state index >= 15 is 0 Å². The molecule has 148 valence electrons. The number of carboxylic acids is 1. The van der Waals surface area contributed by atoms with Gasteiger partial charge in [-0.2, -0.15) is 0 Å². The van der Waals surface area contributed by atoms with Crippen LogP contribution in [0.2, 0.25) is 0 Å². The Bertz CT molecular complexity index is 385. The summed E-state index contributed by atoms with van der Waals surface area (Å²) < 4.78 is 0. The molecule has 0 aromatic carbocycles. The number of ketones is 1. The molecule has 0 aromatic rings. The summed E-state index contributed by atoms with van der Waals surface area (Å²) in [4.78, 5) is 22.6. The number of rotatable bonds is 16. The average molecular weight is 357 g/mol. The molecule has 0 unspecified atom stereocenters. The fourth-order valence-electron chi connectivity index (χ4n) is 3.23. The van der Waals surface area contributed by atoms with E-state index in [-0.39, 0.29) is 23.9 Å². The zero-order valence-electron chi connectivity index (χ0n) is 16.9. The van der Waals surface area contributed by atoms with Gasteiger partial charge in [0.2, 0.25) is 0 Å². The normalized spacial score (nSPS) is 12.4. The molecule has 4 nitrogen and oxygen atoms in total. The summed E-state index contributed by atoms with van der Waals surface area (Å²) in [5.41, 5.74) is 0.300. The van der Waals surface area contributed by atoms with Crippen LogP contribution in [-0.2, 0) is 9.59 Å². The van der Waals surface area contributed by atoms with Crippen molar-refractivity contribution in [1.82, 2.24) is 0 Å². The lowest BCUT2D eigenvalue weighted by Crippen LogP contribution is -2.13. The van der Waals surface area contributed by atoms with Gasteiger partial charge in [-0.15, -0.1) is 0 Å². The summed E-state index contributed by atoms with van der Waals surface area (Å²) >= 11 is 0. The molecule has 0 aliphatic carbocycles. The van der Waals surface area contributed by atoms with Gasteiger partial charge in [0.25, 0.3) is 0 Å². The maximum atomic E-state index is 12.0. The van der Waals surface area contributed by atoms with Gasteiger partial charge in [-0.05, 0) is 55.8 Å². The minimum absolute atomic E-state index is 0.0432. The molecule has 0 bridgehead atoms. The van der Waals surface area contributed by atoms with Gasteiger partial charge < -0.3 is 10.2 Å². The van der Waals surface area contributed by atoms with Gasteiger partial charge in [-0.1, -0.05) is 40.5 Å². The third-order valence-corrected chi connectivity index (χ3v) is 5.15. The van der Waals surface area contributed by atoms with Crippen LogP contribution in [0, 0.1) is 10.8 Å². The van der Waals surface area contributed by atoms with Gasteiger partial charge in [-0.25, -0.2) is 0 Å². The molecule has 0 aliphatic heterocycles. The second-order valence-electron chi connectivity index (χ2n) is 9.00. The lowest BCUT2D eigenvalue weighted by atomic mass is 9.82. The highest BCUT2D eigenvalue weighted by Crippen LogP contribution is 2.30. The van der Waals surface area contributed by atoms with Gasteiger partial charge in [0.1, 0.15) is 5.78 Å². The molecule has 0 amide bonds. The molecule has 0 saturated carbocycles. The Morgan fingerprint density at radius 2 is 1.12 bits per heavy atom. The highest BCUT2D eigenvalue weighted by molar-refractivity contribution is 5.78. The Balaban J connectivity index is 3.72. The molecule has 0 spiro atoms. The number of aliphatic carboxylic acids is 1. The Kier molecular flexibility index (Phi) is 12.0. The van der Waals surface area contributed by atoms with Crippen LogP contribution in [0.15, 0.2) is 0 Å². The molecular formula is C21H40O4. The summed E-state index contributed by atoms with van der Waals surface area (Å²) in [6.07, 6.45) is 10.2. The number of hydrogen-bond donors (Lipinski definition) is 2. The number of carboxylic acid groups (broad SMARTS) is 1. The fraction of sp³-hybridized carbons (Fsp3) is 0.905. The number of carbonyl (C=O) groups is 2. The highest BCUT2D eigenvalue weighted by atomic mass is 16.4. The van der Waals surface area contributed by atoms with Gasteiger partial charge in [0.15, 0.2) is 0 Å². The standard InChI is InChI=1S/C21H40O4/c1-20(2,15-9-17-22)13-7-5-10-18(23)11-6-8-14-21(3,4)16-12-19(24)25/h22H,5-17H2,1-4H3,(H,24,25). The fourth-order valence-corrected chi connectivity index (χ4v) is 3.23. The van der Waals surface area contributed by atoms with Gasteiger partial charge in [0, 0.05) is 25.9 Å². The number of unbranched alkanes of at least 4 members (excludes halogenated alkanes) is 2. The number of aliphatic hydroxyl groups is 1. The van der Waals surface area contributed by atoms with Crippen molar-refractivity contribution >= 4 is 11.8 Å². The molecule has 0 heterocycles. The van der Waals surface area contributed by atoms with Crippen LogP contribution in [0.4, 0.5) is 0 Å². The van der Waals surface area contributed by atoms with E-state index in [4.69, 9.17) is 10.2 Å². The molecule has 25 heavy (non-hydrogen) atoms. The first-order valence-electron chi connectivity index (χ1n) is 9.92. The first-order chi connectivity index (χ1) is 11.6. The van der Waals surface area contributed by atoms with Crippen LogP contribution >= 0.6 is 0 Å². The van der Waals surface area contributed by atoms with Crippen LogP contribution < -0.4 is 0 Å². The number of hydrogen-bond acceptors (Lipinski definition) is 3. The van der Waals surface area contributed by atoms with E-state index in [9.17, 15) is 9.59 Å². The molecule has 0 aromatic heterocycles. The van der Waals surface area contributed by atoms with Crippen molar-refractivity contribution < 1.29 is 19.8 Å². The van der Waals surface area contributed by atoms with Crippen molar-refractivity contribution in [3.05, 3.63) is 0 Å². The number of Topliss-reactive ketones (excluding diaryl/α,β-unsaturated/α-hetero) is 1. The van der Waals surface area contributed by atoms with Crippen molar-refractivity contribution in [1.29, 1.82) is 0 Å². The van der Waals surface area contributed by atoms with E-state index in [1.54, 1.807) is 0 Å². The first kappa shape index (κ1) is 24.1. The minimum atomic E-state index is -0.734. The third kappa shape index (κ3) is 15.1. The first-order valence-corrected chi connectivity index (χ1v) is 9.92. The SMILES string of the molecule is CC(C)(CCCO)CCCCC(=O)CCCCC(C)(C)CCC(=O)O. The molecule has 0 saturated heterocycles. The highest BCUT2D eigenvalue weighted by Gasteiger charge is 2.19. The average Bonchev–Trinajstić information content (AvgIpc) is 2.52. The van der Waals surface area contributed by atoms with Gasteiger partial charge >= 0.3 is 5.97 Å². The van der Waals surface area contributed by atoms with Crippen LogP contribution in [0.3, 0.4) is 0 Å². The second kappa shape index (κ2) is 12.5. The smallest absolute Gasteiger partial charge is 0.303 e. The molecule has 0 atom stereocenters. The van der Waals surface area contributed by atoms with E-state index in [0.29, 0.717) is 25.0 Å². The van der Waals surface area contributed by atoms with Crippen LogP contribution in [-0.4, -0.2) is 28.6 Å². The third-order valence-electron chi connectivity index (χ3n) is 5.15. The zero-order chi connectivity index (χ0) is 19.3. The second-order valence-corrected chi connectivity index (χ2v) is 9.00. The molecule has 0 rings (SSSR count). The van der Waals surface area contributed by atoms with E-state index < -0.39 is 5.97 Å². The predicted octanol–water partition coefficient (Wildman–Crippen LogP) is 5.37.